The van der Waals surface area contributed by atoms with E-state index >= 15 is 0 Å². The SMILES string of the molecule is O=C(O)N[C@H]1C[C@]2(CO)CCO[C@@H]2[C@H]1Br. The molecule has 1 aliphatic carbocycles. The molecule has 1 amide bonds. The summed E-state index contributed by atoms with van der Waals surface area (Å²) in [5.74, 6) is 0. The van der Waals surface area contributed by atoms with Crippen molar-refractivity contribution in [3.8, 4) is 0 Å². The number of hydrogen-bond acceptors (Lipinski definition) is 3. The van der Waals surface area contributed by atoms with Crippen LogP contribution in [0.1, 0.15) is 12.8 Å². The molecule has 2 fully saturated rings. The van der Waals surface area contributed by atoms with Gasteiger partial charge < -0.3 is 20.3 Å². The average molecular weight is 280 g/mol. The molecule has 86 valence electrons. The molecule has 1 saturated heterocycles. The van der Waals surface area contributed by atoms with Crippen molar-refractivity contribution < 1.29 is 19.7 Å². The van der Waals surface area contributed by atoms with E-state index in [0.717, 1.165) is 6.42 Å². The predicted octanol–water partition coefficient (Wildman–Crippen LogP) is 0.557. The number of rotatable bonds is 2. The Kier molecular flexibility index (Phi) is 2.92. The molecule has 0 unspecified atom stereocenters. The Labute approximate surface area is 95.9 Å². The number of fused-ring (bicyclic) bond motifs is 1. The van der Waals surface area contributed by atoms with Crippen LogP contribution in [-0.2, 0) is 4.74 Å². The van der Waals surface area contributed by atoms with Gasteiger partial charge in [-0.1, -0.05) is 15.9 Å². The van der Waals surface area contributed by atoms with Crippen LogP contribution in [-0.4, -0.2) is 46.5 Å². The van der Waals surface area contributed by atoms with Gasteiger partial charge in [0.1, 0.15) is 0 Å². The highest BCUT2D eigenvalue weighted by Crippen LogP contribution is 2.49. The number of nitrogens with one attached hydrogen (secondary N) is 1. The molecule has 2 rings (SSSR count). The number of aliphatic hydroxyl groups excluding tert-OH is 1. The Morgan fingerprint density at radius 3 is 2.93 bits per heavy atom. The van der Waals surface area contributed by atoms with E-state index in [2.05, 4.69) is 21.2 Å². The molecule has 0 bridgehead atoms. The van der Waals surface area contributed by atoms with Crippen molar-refractivity contribution in [2.24, 2.45) is 5.41 Å². The van der Waals surface area contributed by atoms with Gasteiger partial charge in [0.25, 0.3) is 0 Å². The van der Waals surface area contributed by atoms with Gasteiger partial charge in [-0.15, -0.1) is 0 Å². The minimum Gasteiger partial charge on any atom is -0.465 e. The molecule has 2 aliphatic rings. The van der Waals surface area contributed by atoms with Crippen LogP contribution in [0.2, 0.25) is 0 Å². The van der Waals surface area contributed by atoms with Crippen molar-refractivity contribution in [1.82, 2.24) is 5.32 Å². The zero-order chi connectivity index (χ0) is 11.1. The number of amides is 1. The number of aliphatic hydroxyl groups is 1. The lowest BCUT2D eigenvalue weighted by Crippen LogP contribution is -2.39. The van der Waals surface area contributed by atoms with E-state index in [1.165, 1.54) is 0 Å². The highest BCUT2D eigenvalue weighted by Gasteiger charge is 2.56. The van der Waals surface area contributed by atoms with E-state index in [9.17, 15) is 9.90 Å². The summed E-state index contributed by atoms with van der Waals surface area (Å²) in [5.41, 5.74) is -0.263. The van der Waals surface area contributed by atoms with Crippen LogP contribution >= 0.6 is 15.9 Å². The zero-order valence-electron chi connectivity index (χ0n) is 8.15. The molecule has 1 aliphatic heterocycles. The zero-order valence-corrected chi connectivity index (χ0v) is 9.74. The summed E-state index contributed by atoms with van der Waals surface area (Å²) < 4.78 is 5.56. The standard InChI is InChI=1S/C9H14BrNO4/c10-6-5(11-8(13)14)3-9(4-12)1-2-15-7(6)9/h5-7,11-12H,1-4H2,(H,13,14)/t5-,6-,7+,9-/m0/s1. The van der Waals surface area contributed by atoms with Gasteiger partial charge in [0, 0.05) is 18.1 Å². The predicted molar refractivity (Wildman–Crippen MR) is 56.2 cm³/mol. The summed E-state index contributed by atoms with van der Waals surface area (Å²) in [4.78, 5) is 10.5. The molecule has 4 atom stereocenters. The first kappa shape index (κ1) is 11.2. The number of hydrogen-bond donors (Lipinski definition) is 3. The van der Waals surface area contributed by atoms with Gasteiger partial charge in [0.05, 0.1) is 17.5 Å². The maximum atomic E-state index is 10.6. The fourth-order valence-corrected chi connectivity index (χ4v) is 3.67. The van der Waals surface area contributed by atoms with E-state index in [4.69, 9.17) is 9.84 Å². The summed E-state index contributed by atoms with van der Waals surface area (Å²) in [5, 5.41) is 20.6. The normalized spacial score (nSPS) is 44.0. The highest BCUT2D eigenvalue weighted by molar-refractivity contribution is 9.09. The Balaban J connectivity index is 2.12. The lowest BCUT2D eigenvalue weighted by Gasteiger charge is -2.24. The monoisotopic (exact) mass is 279 g/mol. The lowest BCUT2D eigenvalue weighted by molar-refractivity contribution is 0.0415. The first-order chi connectivity index (χ1) is 7.09. The molecule has 6 heteroatoms. The molecule has 1 saturated carbocycles. The van der Waals surface area contributed by atoms with E-state index in [0.29, 0.717) is 13.0 Å². The average Bonchev–Trinajstić information content (AvgIpc) is 2.68. The van der Waals surface area contributed by atoms with Crippen LogP contribution < -0.4 is 5.32 Å². The Morgan fingerprint density at radius 2 is 2.40 bits per heavy atom. The molecule has 0 aromatic carbocycles. The van der Waals surface area contributed by atoms with Crippen molar-refractivity contribution in [3.63, 3.8) is 0 Å². The molecular weight excluding hydrogens is 266 g/mol. The smallest absolute Gasteiger partial charge is 0.404 e. The van der Waals surface area contributed by atoms with Crippen LogP contribution in [0, 0.1) is 5.41 Å². The van der Waals surface area contributed by atoms with Crippen LogP contribution in [0.25, 0.3) is 0 Å². The van der Waals surface area contributed by atoms with Crippen molar-refractivity contribution in [2.45, 2.75) is 29.8 Å². The molecule has 0 spiro atoms. The summed E-state index contributed by atoms with van der Waals surface area (Å²) >= 11 is 3.45. The summed E-state index contributed by atoms with van der Waals surface area (Å²) in [6, 6.07) is -0.181. The van der Waals surface area contributed by atoms with Crippen LogP contribution in [0.3, 0.4) is 0 Å². The molecule has 1 heterocycles. The Morgan fingerprint density at radius 1 is 1.67 bits per heavy atom. The number of ether oxygens (including phenoxy) is 1. The second kappa shape index (κ2) is 3.92. The number of alkyl halides is 1. The third-order valence-electron chi connectivity index (χ3n) is 3.42. The quantitative estimate of drug-likeness (QED) is 0.646. The van der Waals surface area contributed by atoms with Crippen LogP contribution in [0.15, 0.2) is 0 Å². The van der Waals surface area contributed by atoms with Gasteiger partial charge in [-0.2, -0.15) is 0 Å². The third-order valence-corrected chi connectivity index (χ3v) is 4.54. The fraction of sp³-hybridized carbons (Fsp3) is 0.889. The minimum atomic E-state index is -1.03. The van der Waals surface area contributed by atoms with Gasteiger partial charge >= 0.3 is 6.09 Å². The van der Waals surface area contributed by atoms with Gasteiger partial charge in [-0.3, -0.25) is 0 Å². The van der Waals surface area contributed by atoms with E-state index in [1.54, 1.807) is 0 Å². The van der Waals surface area contributed by atoms with Crippen LogP contribution in [0.4, 0.5) is 4.79 Å². The molecule has 0 aromatic rings. The molecule has 5 nitrogen and oxygen atoms in total. The minimum absolute atomic E-state index is 0.0525. The molecular formula is C9H14BrNO4. The third kappa shape index (κ3) is 1.74. The van der Waals surface area contributed by atoms with Crippen molar-refractivity contribution in [3.05, 3.63) is 0 Å². The number of carboxylic acid groups (broad SMARTS) is 1. The van der Waals surface area contributed by atoms with Gasteiger partial charge in [0.2, 0.25) is 0 Å². The lowest BCUT2D eigenvalue weighted by atomic mass is 9.84. The summed E-state index contributed by atoms with van der Waals surface area (Å²) in [6.45, 7) is 0.699. The largest absolute Gasteiger partial charge is 0.465 e. The van der Waals surface area contributed by atoms with E-state index < -0.39 is 6.09 Å². The molecule has 0 aromatic heterocycles. The summed E-state index contributed by atoms with van der Waals surface area (Å²) in [7, 11) is 0. The first-order valence-electron chi connectivity index (χ1n) is 4.95. The first-order valence-corrected chi connectivity index (χ1v) is 5.87. The Bertz CT molecular complexity index is 275. The fourth-order valence-electron chi connectivity index (χ4n) is 2.64. The topological polar surface area (TPSA) is 78.8 Å². The van der Waals surface area contributed by atoms with Gasteiger partial charge in [-0.05, 0) is 12.8 Å². The van der Waals surface area contributed by atoms with Crippen LogP contribution in [0.5, 0.6) is 0 Å². The maximum Gasteiger partial charge on any atom is 0.404 e. The van der Waals surface area contributed by atoms with Gasteiger partial charge in [-0.25, -0.2) is 4.79 Å². The van der Waals surface area contributed by atoms with E-state index in [1.807, 2.05) is 0 Å². The number of halogens is 1. The molecule has 0 radical (unpaired) electrons. The second-order valence-corrected chi connectivity index (χ2v) is 5.32. The highest BCUT2D eigenvalue weighted by atomic mass is 79.9. The molecule has 3 N–H and O–H groups in total. The van der Waals surface area contributed by atoms with Gasteiger partial charge in [0.15, 0.2) is 0 Å². The second-order valence-electron chi connectivity index (χ2n) is 4.27. The van der Waals surface area contributed by atoms with Crippen molar-refractivity contribution in [1.29, 1.82) is 0 Å². The maximum absolute atomic E-state index is 10.6. The molecule has 15 heavy (non-hydrogen) atoms. The van der Waals surface area contributed by atoms with E-state index in [-0.39, 0.29) is 29.0 Å². The number of carbonyl (C=O) groups is 1. The van der Waals surface area contributed by atoms with Crippen molar-refractivity contribution >= 4 is 22.0 Å². The van der Waals surface area contributed by atoms with Crippen molar-refractivity contribution in [2.75, 3.05) is 13.2 Å². The summed E-state index contributed by atoms with van der Waals surface area (Å²) in [6.07, 6.45) is 0.321. The Hall–Kier alpha value is -0.330.